The Morgan fingerprint density at radius 2 is 2.13 bits per heavy atom. The van der Waals surface area contributed by atoms with E-state index in [-0.39, 0.29) is 0 Å². The smallest absolute Gasteiger partial charge is 0.224 e. The lowest BCUT2D eigenvalue weighted by atomic mass is 10.2. The minimum absolute atomic E-state index is 0.384. The fourth-order valence-corrected chi connectivity index (χ4v) is 2.19. The summed E-state index contributed by atoms with van der Waals surface area (Å²) in [5.74, 6) is 1.89. The number of benzene rings is 1. The van der Waals surface area contributed by atoms with Crippen LogP contribution in [0.25, 0.3) is 17.2 Å². The van der Waals surface area contributed by atoms with E-state index in [2.05, 4.69) is 20.3 Å². The van der Waals surface area contributed by atoms with Crippen LogP contribution in [0.3, 0.4) is 0 Å². The average Bonchev–Trinajstić information content (AvgIpc) is 3.03. The Hall–Kier alpha value is -2.93. The van der Waals surface area contributed by atoms with E-state index in [1.165, 1.54) is 0 Å². The number of aromatic nitrogens is 4. The van der Waals surface area contributed by atoms with Crippen molar-refractivity contribution in [3.63, 3.8) is 0 Å². The van der Waals surface area contributed by atoms with Gasteiger partial charge in [-0.15, -0.1) is 0 Å². The van der Waals surface area contributed by atoms with Crippen LogP contribution in [0.15, 0.2) is 48.9 Å². The number of hydrogen-bond donors (Lipinski definition) is 3. The second kappa shape index (κ2) is 6.45. The van der Waals surface area contributed by atoms with Gasteiger partial charge < -0.3 is 16.2 Å². The second-order valence-electron chi connectivity index (χ2n) is 5.21. The van der Waals surface area contributed by atoms with Gasteiger partial charge in [0.15, 0.2) is 0 Å². The Morgan fingerprint density at radius 1 is 1.26 bits per heavy atom. The Kier molecular flexibility index (Phi) is 4.20. The molecular formula is C16H18N6O. The normalized spacial score (nSPS) is 12.1. The number of nitrogens with one attached hydrogen (secondary N) is 1. The zero-order valence-electron chi connectivity index (χ0n) is 12.7. The molecule has 3 rings (SSSR count). The van der Waals surface area contributed by atoms with Crippen molar-refractivity contribution in [2.75, 3.05) is 17.6 Å². The summed E-state index contributed by atoms with van der Waals surface area (Å²) >= 11 is 0. The number of rotatable bonds is 5. The molecule has 0 fully saturated rings. The number of nitrogen functional groups attached to an aromatic ring is 1. The third-order valence-electron chi connectivity index (χ3n) is 3.23. The summed E-state index contributed by atoms with van der Waals surface area (Å²) in [5, 5.41) is 12.3. The molecule has 7 nitrogen and oxygen atoms in total. The van der Waals surface area contributed by atoms with Crippen molar-refractivity contribution >= 4 is 11.6 Å². The summed E-state index contributed by atoms with van der Waals surface area (Å²) in [5.41, 5.74) is 7.44. The zero-order chi connectivity index (χ0) is 16.2. The van der Waals surface area contributed by atoms with E-state index in [4.69, 9.17) is 5.73 Å². The Labute approximate surface area is 133 Å². The van der Waals surface area contributed by atoms with Crippen molar-refractivity contribution in [3.05, 3.63) is 48.9 Å². The highest BCUT2D eigenvalue weighted by molar-refractivity contribution is 5.63. The van der Waals surface area contributed by atoms with Crippen molar-refractivity contribution < 1.29 is 5.11 Å². The maximum absolute atomic E-state index is 9.34. The highest BCUT2D eigenvalue weighted by atomic mass is 16.3. The molecule has 2 aromatic heterocycles. The van der Waals surface area contributed by atoms with Gasteiger partial charge in [-0.1, -0.05) is 12.1 Å². The number of anilines is 2. The summed E-state index contributed by atoms with van der Waals surface area (Å²) in [6, 6.07) is 9.33. The topological polar surface area (TPSA) is 102 Å². The van der Waals surface area contributed by atoms with Crippen LogP contribution in [-0.2, 0) is 0 Å². The molecule has 118 valence electrons. The molecule has 0 bridgehead atoms. The van der Waals surface area contributed by atoms with Gasteiger partial charge in [0.1, 0.15) is 11.6 Å². The summed E-state index contributed by atoms with van der Waals surface area (Å²) in [7, 11) is 0. The summed E-state index contributed by atoms with van der Waals surface area (Å²) in [6.07, 6.45) is 4.73. The molecule has 0 saturated carbocycles. The van der Waals surface area contributed by atoms with E-state index >= 15 is 0 Å². The molecule has 23 heavy (non-hydrogen) atoms. The first-order valence-corrected chi connectivity index (χ1v) is 7.28. The maximum atomic E-state index is 9.34. The van der Waals surface area contributed by atoms with Crippen LogP contribution in [-0.4, -0.2) is 37.3 Å². The average molecular weight is 310 g/mol. The SMILES string of the molecule is C[C@H](O)CNc1nccc(-n2ccnc2-c2cccc(N)c2)n1. The van der Waals surface area contributed by atoms with Gasteiger partial charge in [0.05, 0.1) is 6.10 Å². The number of aliphatic hydroxyl groups is 1. The maximum Gasteiger partial charge on any atom is 0.224 e. The van der Waals surface area contributed by atoms with Crippen molar-refractivity contribution in [1.82, 2.24) is 19.5 Å². The van der Waals surface area contributed by atoms with Gasteiger partial charge in [-0.3, -0.25) is 4.57 Å². The summed E-state index contributed by atoms with van der Waals surface area (Å²) in [4.78, 5) is 13.0. The fourth-order valence-electron chi connectivity index (χ4n) is 2.19. The molecule has 0 radical (unpaired) electrons. The predicted octanol–water partition coefficient (Wildman–Crippen LogP) is 1.70. The quantitative estimate of drug-likeness (QED) is 0.620. The lowest BCUT2D eigenvalue weighted by molar-refractivity contribution is 0.208. The van der Waals surface area contributed by atoms with Gasteiger partial charge in [0.25, 0.3) is 0 Å². The Balaban J connectivity index is 1.94. The third kappa shape index (κ3) is 3.46. The molecule has 1 atom stereocenters. The summed E-state index contributed by atoms with van der Waals surface area (Å²) < 4.78 is 1.87. The van der Waals surface area contributed by atoms with E-state index < -0.39 is 6.10 Å². The van der Waals surface area contributed by atoms with Crippen LogP contribution in [0.2, 0.25) is 0 Å². The van der Waals surface area contributed by atoms with Gasteiger partial charge in [0.2, 0.25) is 5.95 Å². The monoisotopic (exact) mass is 310 g/mol. The number of hydrogen-bond acceptors (Lipinski definition) is 6. The number of nitrogens with two attached hydrogens (primary N) is 1. The van der Waals surface area contributed by atoms with Gasteiger partial charge >= 0.3 is 0 Å². The summed E-state index contributed by atoms with van der Waals surface area (Å²) in [6.45, 7) is 2.08. The van der Waals surface area contributed by atoms with Crippen LogP contribution in [0.5, 0.6) is 0 Å². The first-order chi connectivity index (χ1) is 11.1. The Morgan fingerprint density at radius 3 is 2.91 bits per heavy atom. The standard InChI is InChI=1S/C16H18N6O/c1-11(23)10-20-16-19-6-5-14(21-16)22-8-7-18-15(22)12-3-2-4-13(17)9-12/h2-9,11,23H,10,17H2,1H3,(H,19,20,21)/t11-/m0/s1. The largest absolute Gasteiger partial charge is 0.399 e. The molecule has 0 amide bonds. The molecule has 0 aliphatic rings. The van der Waals surface area contributed by atoms with E-state index in [1.54, 1.807) is 25.4 Å². The number of aliphatic hydroxyl groups excluding tert-OH is 1. The van der Waals surface area contributed by atoms with Gasteiger partial charge in [0, 0.05) is 36.4 Å². The molecule has 0 saturated heterocycles. The minimum atomic E-state index is -0.474. The number of imidazole rings is 1. The minimum Gasteiger partial charge on any atom is -0.399 e. The van der Waals surface area contributed by atoms with Gasteiger partial charge in [-0.2, -0.15) is 4.98 Å². The van der Waals surface area contributed by atoms with Gasteiger partial charge in [-0.05, 0) is 25.1 Å². The van der Waals surface area contributed by atoms with E-state index in [0.29, 0.717) is 24.0 Å². The first-order valence-electron chi connectivity index (χ1n) is 7.28. The zero-order valence-corrected chi connectivity index (χ0v) is 12.7. The van der Waals surface area contributed by atoms with Crippen LogP contribution in [0.4, 0.5) is 11.6 Å². The van der Waals surface area contributed by atoms with Gasteiger partial charge in [-0.25, -0.2) is 9.97 Å². The molecule has 2 heterocycles. The second-order valence-corrected chi connectivity index (χ2v) is 5.21. The molecule has 1 aromatic carbocycles. The molecule has 0 aliphatic heterocycles. The van der Waals surface area contributed by atoms with E-state index in [9.17, 15) is 5.11 Å². The first kappa shape index (κ1) is 15.0. The third-order valence-corrected chi connectivity index (χ3v) is 3.23. The fraction of sp³-hybridized carbons (Fsp3) is 0.188. The van der Waals surface area contributed by atoms with Crippen molar-refractivity contribution in [2.45, 2.75) is 13.0 Å². The van der Waals surface area contributed by atoms with Crippen LogP contribution in [0.1, 0.15) is 6.92 Å². The highest BCUT2D eigenvalue weighted by Crippen LogP contribution is 2.22. The predicted molar refractivity (Wildman–Crippen MR) is 89.2 cm³/mol. The van der Waals surface area contributed by atoms with Crippen LogP contribution >= 0.6 is 0 Å². The molecule has 7 heteroatoms. The van der Waals surface area contributed by atoms with Crippen molar-refractivity contribution in [3.8, 4) is 17.2 Å². The lowest BCUT2D eigenvalue weighted by Gasteiger charge is -2.10. The number of nitrogens with zero attached hydrogens (tertiary/aromatic N) is 4. The Bertz CT molecular complexity index is 799. The van der Waals surface area contributed by atoms with E-state index in [0.717, 1.165) is 11.4 Å². The molecule has 0 spiro atoms. The van der Waals surface area contributed by atoms with Crippen LogP contribution < -0.4 is 11.1 Å². The molecule has 0 aliphatic carbocycles. The molecule has 0 unspecified atom stereocenters. The molecular weight excluding hydrogens is 292 g/mol. The molecule has 3 aromatic rings. The van der Waals surface area contributed by atoms with Crippen LogP contribution in [0, 0.1) is 0 Å². The lowest BCUT2D eigenvalue weighted by Crippen LogP contribution is -2.17. The van der Waals surface area contributed by atoms with Crippen molar-refractivity contribution in [2.24, 2.45) is 0 Å². The van der Waals surface area contributed by atoms with Crippen molar-refractivity contribution in [1.29, 1.82) is 0 Å². The van der Waals surface area contributed by atoms with E-state index in [1.807, 2.05) is 35.0 Å². The highest BCUT2D eigenvalue weighted by Gasteiger charge is 2.10. The molecule has 4 N–H and O–H groups in total.